The Kier molecular flexibility index (Phi) is 3.83. The van der Waals surface area contributed by atoms with Crippen molar-refractivity contribution < 1.29 is 0 Å². The number of aromatic nitrogens is 3. The molecule has 0 spiro atoms. The zero-order chi connectivity index (χ0) is 13.8. The number of rotatable bonds is 4. The maximum atomic E-state index is 4.35. The molecule has 1 aliphatic rings. The first kappa shape index (κ1) is 13.3. The molecule has 1 aromatic carbocycles. The van der Waals surface area contributed by atoms with Crippen molar-refractivity contribution >= 4 is 0 Å². The van der Waals surface area contributed by atoms with Crippen LogP contribution >= 0.6 is 0 Å². The number of para-hydroxylation sites is 1. The van der Waals surface area contributed by atoms with Gasteiger partial charge in [0.25, 0.3) is 0 Å². The van der Waals surface area contributed by atoms with Gasteiger partial charge in [0.2, 0.25) is 0 Å². The van der Waals surface area contributed by atoms with Crippen molar-refractivity contribution in [3.8, 4) is 5.69 Å². The van der Waals surface area contributed by atoms with Crippen molar-refractivity contribution in [2.75, 3.05) is 7.05 Å². The van der Waals surface area contributed by atoms with Gasteiger partial charge in [0, 0.05) is 17.6 Å². The summed E-state index contributed by atoms with van der Waals surface area (Å²) in [5.41, 5.74) is 1.33. The Morgan fingerprint density at radius 2 is 1.90 bits per heavy atom. The van der Waals surface area contributed by atoms with Gasteiger partial charge in [-0.3, -0.25) is 4.57 Å². The lowest BCUT2D eigenvalue weighted by Gasteiger charge is -2.36. The molecule has 106 valence electrons. The highest BCUT2D eigenvalue weighted by molar-refractivity contribution is 5.32. The Morgan fingerprint density at radius 3 is 2.60 bits per heavy atom. The smallest absolute Gasteiger partial charge is 0.139 e. The van der Waals surface area contributed by atoms with Crippen LogP contribution in [0.1, 0.15) is 37.9 Å². The number of nitrogens with zero attached hydrogens (tertiary/aromatic N) is 3. The third kappa shape index (κ3) is 2.61. The molecule has 1 fully saturated rings. The van der Waals surface area contributed by atoms with Crippen LogP contribution in [0.3, 0.4) is 0 Å². The molecule has 0 amide bonds. The Labute approximate surface area is 120 Å². The molecule has 0 aliphatic heterocycles. The van der Waals surface area contributed by atoms with Crippen LogP contribution in [0, 0.1) is 0 Å². The van der Waals surface area contributed by atoms with E-state index < -0.39 is 0 Å². The van der Waals surface area contributed by atoms with E-state index in [2.05, 4.69) is 39.3 Å². The topological polar surface area (TPSA) is 42.7 Å². The monoisotopic (exact) mass is 270 g/mol. The quantitative estimate of drug-likeness (QED) is 0.929. The summed E-state index contributed by atoms with van der Waals surface area (Å²) in [6, 6.07) is 10.3. The van der Waals surface area contributed by atoms with Gasteiger partial charge in [-0.25, -0.2) is 0 Å². The standard InChI is InChI=1S/C16H22N4/c1-17-16(10-6-3-7-11-16)12-15-19-18-13-20(15)14-8-4-2-5-9-14/h2,4-5,8-9,13,17H,3,6-7,10-12H2,1H3. The lowest BCUT2D eigenvalue weighted by Crippen LogP contribution is -2.47. The van der Waals surface area contributed by atoms with Crippen LogP contribution in [0.5, 0.6) is 0 Å². The molecular formula is C16H22N4. The summed E-state index contributed by atoms with van der Waals surface area (Å²) in [4.78, 5) is 0. The van der Waals surface area contributed by atoms with Gasteiger partial charge < -0.3 is 5.32 Å². The molecule has 20 heavy (non-hydrogen) atoms. The van der Waals surface area contributed by atoms with Gasteiger partial charge in [-0.2, -0.15) is 0 Å². The van der Waals surface area contributed by atoms with E-state index in [1.165, 1.54) is 32.1 Å². The van der Waals surface area contributed by atoms with Crippen molar-refractivity contribution in [3.05, 3.63) is 42.5 Å². The van der Waals surface area contributed by atoms with Crippen LogP contribution in [0.25, 0.3) is 5.69 Å². The number of hydrogen-bond acceptors (Lipinski definition) is 3. The third-order valence-corrected chi connectivity index (χ3v) is 4.49. The van der Waals surface area contributed by atoms with E-state index in [1.54, 1.807) is 0 Å². The Morgan fingerprint density at radius 1 is 1.15 bits per heavy atom. The fourth-order valence-corrected chi connectivity index (χ4v) is 3.23. The van der Waals surface area contributed by atoms with E-state index in [1.807, 2.05) is 24.5 Å². The van der Waals surface area contributed by atoms with Crippen molar-refractivity contribution in [3.63, 3.8) is 0 Å². The minimum absolute atomic E-state index is 0.192. The highest BCUT2D eigenvalue weighted by Gasteiger charge is 2.32. The van der Waals surface area contributed by atoms with Crippen molar-refractivity contribution in [2.45, 2.75) is 44.1 Å². The normalized spacial score (nSPS) is 18.1. The summed E-state index contributed by atoms with van der Waals surface area (Å²) in [5, 5.41) is 12.0. The maximum absolute atomic E-state index is 4.35. The summed E-state index contributed by atoms with van der Waals surface area (Å²) in [6.07, 6.45) is 9.18. The molecule has 0 bridgehead atoms. The zero-order valence-electron chi connectivity index (χ0n) is 12.0. The van der Waals surface area contributed by atoms with Gasteiger partial charge in [-0.1, -0.05) is 37.5 Å². The summed E-state index contributed by atoms with van der Waals surface area (Å²) in [7, 11) is 2.08. The molecule has 0 atom stereocenters. The van der Waals surface area contributed by atoms with Gasteiger partial charge in [-0.15, -0.1) is 10.2 Å². The SMILES string of the molecule is CNC1(Cc2nncn2-c2ccccc2)CCCCC1. The first-order valence-electron chi connectivity index (χ1n) is 7.46. The van der Waals surface area contributed by atoms with E-state index in [4.69, 9.17) is 0 Å². The minimum Gasteiger partial charge on any atom is -0.314 e. The van der Waals surface area contributed by atoms with Crippen LogP contribution in [0.4, 0.5) is 0 Å². The molecule has 4 heteroatoms. The number of likely N-dealkylation sites (N-methyl/N-ethyl adjacent to an activating group) is 1. The van der Waals surface area contributed by atoms with Crippen LogP contribution < -0.4 is 5.32 Å². The molecule has 1 aliphatic carbocycles. The lowest BCUT2D eigenvalue weighted by atomic mass is 9.79. The Balaban J connectivity index is 1.86. The summed E-state index contributed by atoms with van der Waals surface area (Å²) in [6.45, 7) is 0. The van der Waals surface area contributed by atoms with Crippen molar-refractivity contribution in [1.29, 1.82) is 0 Å². The van der Waals surface area contributed by atoms with Gasteiger partial charge in [-0.05, 0) is 32.0 Å². The number of nitrogens with one attached hydrogen (secondary N) is 1. The molecule has 2 aromatic rings. The fourth-order valence-electron chi connectivity index (χ4n) is 3.23. The highest BCUT2D eigenvalue weighted by atomic mass is 15.3. The molecule has 0 unspecified atom stereocenters. The minimum atomic E-state index is 0.192. The van der Waals surface area contributed by atoms with Gasteiger partial charge in [0.05, 0.1) is 0 Å². The average molecular weight is 270 g/mol. The maximum Gasteiger partial charge on any atom is 0.139 e. The van der Waals surface area contributed by atoms with Crippen LogP contribution in [-0.2, 0) is 6.42 Å². The Hall–Kier alpha value is -1.68. The fraction of sp³-hybridized carbons (Fsp3) is 0.500. The lowest BCUT2D eigenvalue weighted by molar-refractivity contribution is 0.240. The molecule has 0 saturated heterocycles. The van der Waals surface area contributed by atoms with E-state index in [-0.39, 0.29) is 5.54 Å². The van der Waals surface area contributed by atoms with Crippen LogP contribution in [-0.4, -0.2) is 27.4 Å². The molecule has 1 N–H and O–H groups in total. The summed E-state index contributed by atoms with van der Waals surface area (Å²) in [5.74, 6) is 1.05. The largest absolute Gasteiger partial charge is 0.314 e. The molecule has 0 radical (unpaired) electrons. The first-order chi connectivity index (χ1) is 9.83. The van der Waals surface area contributed by atoms with Gasteiger partial charge in [0.1, 0.15) is 12.2 Å². The number of benzene rings is 1. The first-order valence-corrected chi connectivity index (χ1v) is 7.46. The highest BCUT2D eigenvalue weighted by Crippen LogP contribution is 2.31. The van der Waals surface area contributed by atoms with Crippen molar-refractivity contribution in [2.24, 2.45) is 0 Å². The van der Waals surface area contributed by atoms with E-state index >= 15 is 0 Å². The predicted molar refractivity (Wildman–Crippen MR) is 79.9 cm³/mol. The van der Waals surface area contributed by atoms with E-state index in [0.717, 1.165) is 17.9 Å². The zero-order valence-corrected chi connectivity index (χ0v) is 12.0. The molecule has 1 aromatic heterocycles. The predicted octanol–water partition coefficient (Wildman–Crippen LogP) is 2.73. The van der Waals surface area contributed by atoms with Crippen LogP contribution in [0.2, 0.25) is 0 Å². The molecule has 3 rings (SSSR count). The van der Waals surface area contributed by atoms with E-state index in [0.29, 0.717) is 0 Å². The number of hydrogen-bond donors (Lipinski definition) is 1. The van der Waals surface area contributed by atoms with Gasteiger partial charge >= 0.3 is 0 Å². The van der Waals surface area contributed by atoms with E-state index in [9.17, 15) is 0 Å². The second-order valence-electron chi connectivity index (χ2n) is 5.72. The average Bonchev–Trinajstić information content (AvgIpc) is 2.97. The molecule has 4 nitrogen and oxygen atoms in total. The third-order valence-electron chi connectivity index (χ3n) is 4.49. The second-order valence-corrected chi connectivity index (χ2v) is 5.72. The molecular weight excluding hydrogens is 248 g/mol. The summed E-state index contributed by atoms with van der Waals surface area (Å²) < 4.78 is 2.10. The summed E-state index contributed by atoms with van der Waals surface area (Å²) >= 11 is 0. The van der Waals surface area contributed by atoms with Gasteiger partial charge in [0.15, 0.2) is 0 Å². The Bertz CT molecular complexity index is 541. The second kappa shape index (κ2) is 5.75. The van der Waals surface area contributed by atoms with Crippen LogP contribution in [0.15, 0.2) is 36.7 Å². The van der Waals surface area contributed by atoms with Crippen molar-refractivity contribution in [1.82, 2.24) is 20.1 Å². The molecule has 1 saturated carbocycles. The molecule has 1 heterocycles.